The van der Waals surface area contributed by atoms with E-state index in [1.54, 1.807) is 7.05 Å². The molecule has 0 aromatic heterocycles. The molecule has 0 aliphatic rings. The average molecular weight is 159 g/mol. The summed E-state index contributed by atoms with van der Waals surface area (Å²) in [7, 11) is 1.71. The van der Waals surface area contributed by atoms with Crippen molar-refractivity contribution in [2.75, 3.05) is 13.6 Å². The first-order valence-corrected chi connectivity index (χ1v) is 3.93. The van der Waals surface area contributed by atoms with Crippen molar-refractivity contribution < 1.29 is 9.90 Å². The Morgan fingerprint density at radius 2 is 2.09 bits per heavy atom. The molecule has 3 nitrogen and oxygen atoms in total. The molecule has 0 aliphatic heterocycles. The minimum atomic E-state index is -0.831. The van der Waals surface area contributed by atoms with Gasteiger partial charge in [0.15, 0.2) is 5.78 Å². The largest absolute Gasteiger partial charge is 0.384 e. The van der Waals surface area contributed by atoms with E-state index in [4.69, 9.17) is 5.11 Å². The Labute approximate surface area is 67.8 Å². The van der Waals surface area contributed by atoms with Crippen LogP contribution in [0.5, 0.6) is 0 Å². The Bertz CT molecular complexity index is 123. The highest BCUT2D eigenvalue weighted by molar-refractivity contribution is 5.83. The predicted octanol–water partition coefficient (Wildman–Crippen LogP) is 0.182. The fourth-order valence-electron chi connectivity index (χ4n) is 0.846. The lowest BCUT2D eigenvalue weighted by atomic mass is 10.0. The van der Waals surface area contributed by atoms with Gasteiger partial charge in [-0.15, -0.1) is 0 Å². The number of ketones is 1. The van der Waals surface area contributed by atoms with E-state index in [0.717, 1.165) is 0 Å². The molecule has 0 aromatic rings. The summed E-state index contributed by atoms with van der Waals surface area (Å²) in [4.78, 5) is 11.1. The number of likely N-dealkylation sites (N-methyl/N-ethyl adjacent to an activating group) is 1. The van der Waals surface area contributed by atoms with Crippen LogP contribution in [0.3, 0.4) is 0 Å². The summed E-state index contributed by atoms with van der Waals surface area (Å²) < 4.78 is 0. The number of rotatable bonds is 5. The Morgan fingerprint density at radius 3 is 2.45 bits per heavy atom. The highest BCUT2D eigenvalue weighted by atomic mass is 16.3. The number of aliphatic hydroxyl groups excluding tert-OH is 1. The molecular weight excluding hydrogens is 142 g/mol. The normalized spacial score (nSPS) is 13.5. The first kappa shape index (κ1) is 10.6. The van der Waals surface area contributed by atoms with Gasteiger partial charge in [0.2, 0.25) is 0 Å². The maximum atomic E-state index is 11.1. The number of nitrogens with one attached hydrogen (secondary N) is 1. The topological polar surface area (TPSA) is 49.3 Å². The summed E-state index contributed by atoms with van der Waals surface area (Å²) in [5.41, 5.74) is 0. The number of Topliss-reactive ketones (excluding diaryl/α,β-unsaturated/α-hetero) is 1. The lowest BCUT2D eigenvalue weighted by molar-refractivity contribution is -0.127. The van der Waals surface area contributed by atoms with E-state index in [1.165, 1.54) is 0 Å². The minimum Gasteiger partial charge on any atom is -0.384 e. The van der Waals surface area contributed by atoms with Gasteiger partial charge in [-0.2, -0.15) is 0 Å². The van der Waals surface area contributed by atoms with Crippen LogP contribution >= 0.6 is 0 Å². The molecule has 0 spiro atoms. The molecule has 0 saturated heterocycles. The van der Waals surface area contributed by atoms with Gasteiger partial charge < -0.3 is 10.4 Å². The lowest BCUT2D eigenvalue weighted by Crippen LogP contribution is -2.31. The van der Waals surface area contributed by atoms with Crippen LogP contribution in [0.25, 0.3) is 0 Å². The SMILES string of the molecule is CNCC(O)C(=O)CC(C)C. The molecule has 66 valence electrons. The van der Waals surface area contributed by atoms with Gasteiger partial charge in [0, 0.05) is 13.0 Å². The van der Waals surface area contributed by atoms with Crippen molar-refractivity contribution in [3.63, 3.8) is 0 Å². The van der Waals surface area contributed by atoms with Crippen LogP contribution in [0.15, 0.2) is 0 Å². The molecule has 2 N–H and O–H groups in total. The molecule has 11 heavy (non-hydrogen) atoms. The monoisotopic (exact) mass is 159 g/mol. The van der Waals surface area contributed by atoms with E-state index in [2.05, 4.69) is 5.32 Å². The summed E-state index contributed by atoms with van der Waals surface area (Å²) >= 11 is 0. The zero-order valence-corrected chi connectivity index (χ0v) is 7.42. The number of aliphatic hydroxyl groups is 1. The van der Waals surface area contributed by atoms with Crippen LogP contribution in [-0.4, -0.2) is 30.6 Å². The van der Waals surface area contributed by atoms with Crippen LogP contribution in [0, 0.1) is 5.92 Å². The third-order valence-corrected chi connectivity index (χ3v) is 1.38. The summed E-state index contributed by atoms with van der Waals surface area (Å²) in [6, 6.07) is 0. The zero-order valence-electron chi connectivity index (χ0n) is 7.42. The third-order valence-electron chi connectivity index (χ3n) is 1.38. The molecule has 0 amide bonds. The van der Waals surface area contributed by atoms with Crippen LogP contribution in [-0.2, 0) is 4.79 Å². The summed E-state index contributed by atoms with van der Waals surface area (Å²) in [6.07, 6.45) is -0.370. The van der Waals surface area contributed by atoms with Crippen molar-refractivity contribution in [2.24, 2.45) is 5.92 Å². The molecule has 0 aromatic carbocycles. The number of carbonyl (C=O) groups excluding carboxylic acids is 1. The van der Waals surface area contributed by atoms with Crippen molar-refractivity contribution in [3.05, 3.63) is 0 Å². The quantitative estimate of drug-likeness (QED) is 0.601. The van der Waals surface area contributed by atoms with Gasteiger partial charge in [-0.05, 0) is 13.0 Å². The third kappa shape index (κ3) is 4.93. The van der Waals surface area contributed by atoms with Crippen LogP contribution in [0.2, 0.25) is 0 Å². The molecule has 0 heterocycles. The lowest BCUT2D eigenvalue weighted by Gasteiger charge is -2.09. The second-order valence-electron chi connectivity index (χ2n) is 3.14. The Morgan fingerprint density at radius 1 is 1.55 bits per heavy atom. The summed E-state index contributed by atoms with van der Waals surface area (Å²) in [5.74, 6) is 0.253. The van der Waals surface area contributed by atoms with Crippen LogP contribution in [0.1, 0.15) is 20.3 Å². The number of hydrogen-bond acceptors (Lipinski definition) is 3. The van der Waals surface area contributed by atoms with Gasteiger partial charge in [0.1, 0.15) is 6.10 Å². The van der Waals surface area contributed by atoms with Crippen LogP contribution < -0.4 is 5.32 Å². The molecule has 1 atom stereocenters. The van der Waals surface area contributed by atoms with Crippen molar-refractivity contribution >= 4 is 5.78 Å². The highest BCUT2D eigenvalue weighted by Crippen LogP contribution is 2.02. The first-order valence-electron chi connectivity index (χ1n) is 3.93. The second kappa shape index (κ2) is 5.27. The van der Waals surface area contributed by atoms with E-state index in [1.807, 2.05) is 13.8 Å². The number of hydrogen-bond donors (Lipinski definition) is 2. The van der Waals surface area contributed by atoms with Gasteiger partial charge >= 0.3 is 0 Å². The van der Waals surface area contributed by atoms with E-state index >= 15 is 0 Å². The first-order chi connectivity index (χ1) is 5.07. The second-order valence-corrected chi connectivity index (χ2v) is 3.14. The smallest absolute Gasteiger partial charge is 0.162 e. The summed E-state index contributed by atoms with van der Waals surface area (Å²) in [5, 5.41) is 11.9. The van der Waals surface area contributed by atoms with E-state index in [9.17, 15) is 4.79 Å². The molecule has 0 radical (unpaired) electrons. The molecular formula is C8H17NO2. The molecule has 0 saturated carbocycles. The zero-order chi connectivity index (χ0) is 8.85. The highest BCUT2D eigenvalue weighted by Gasteiger charge is 2.14. The van der Waals surface area contributed by atoms with Gasteiger partial charge in [-0.3, -0.25) is 4.79 Å². The van der Waals surface area contributed by atoms with Crippen molar-refractivity contribution in [1.82, 2.24) is 5.32 Å². The maximum Gasteiger partial charge on any atom is 0.162 e. The Balaban J connectivity index is 3.64. The van der Waals surface area contributed by atoms with Gasteiger partial charge in [-0.1, -0.05) is 13.8 Å². The van der Waals surface area contributed by atoms with Gasteiger partial charge in [-0.25, -0.2) is 0 Å². The standard InChI is InChI=1S/C8H17NO2/c1-6(2)4-7(10)8(11)5-9-3/h6,8-9,11H,4-5H2,1-3H3. The molecule has 0 bridgehead atoms. The molecule has 1 unspecified atom stereocenters. The van der Waals surface area contributed by atoms with E-state index in [0.29, 0.717) is 18.9 Å². The summed E-state index contributed by atoms with van der Waals surface area (Å²) in [6.45, 7) is 4.28. The molecule has 0 aliphatic carbocycles. The van der Waals surface area contributed by atoms with Crippen molar-refractivity contribution in [3.8, 4) is 0 Å². The molecule has 3 heteroatoms. The van der Waals surface area contributed by atoms with Crippen molar-refractivity contribution in [1.29, 1.82) is 0 Å². The maximum absolute atomic E-state index is 11.1. The fourth-order valence-corrected chi connectivity index (χ4v) is 0.846. The Hall–Kier alpha value is -0.410. The Kier molecular flexibility index (Phi) is 5.07. The molecule has 0 rings (SSSR count). The van der Waals surface area contributed by atoms with Gasteiger partial charge in [0.25, 0.3) is 0 Å². The molecule has 0 fully saturated rings. The average Bonchev–Trinajstić information content (AvgIpc) is 1.86. The predicted molar refractivity (Wildman–Crippen MR) is 44.4 cm³/mol. The van der Waals surface area contributed by atoms with E-state index < -0.39 is 6.10 Å². The minimum absolute atomic E-state index is 0.0747. The number of carbonyl (C=O) groups is 1. The van der Waals surface area contributed by atoms with E-state index in [-0.39, 0.29) is 5.78 Å². The fraction of sp³-hybridized carbons (Fsp3) is 0.875. The van der Waals surface area contributed by atoms with Crippen LogP contribution in [0.4, 0.5) is 0 Å². The van der Waals surface area contributed by atoms with Crippen molar-refractivity contribution in [2.45, 2.75) is 26.4 Å². The van der Waals surface area contributed by atoms with Gasteiger partial charge in [0.05, 0.1) is 0 Å².